The van der Waals surface area contributed by atoms with Crippen LogP contribution in [-0.4, -0.2) is 40.0 Å². The average Bonchev–Trinajstić information content (AvgIpc) is 3.23. The van der Waals surface area contributed by atoms with E-state index in [9.17, 15) is 18.8 Å². The molecule has 1 N–H and O–H groups in total. The van der Waals surface area contributed by atoms with Crippen molar-refractivity contribution >= 4 is 63.0 Å². The molecule has 170 valence electrons. The van der Waals surface area contributed by atoms with Gasteiger partial charge in [-0.25, -0.2) is 4.39 Å². The summed E-state index contributed by atoms with van der Waals surface area (Å²) in [4.78, 5) is 42.4. The number of halogens is 1. The van der Waals surface area contributed by atoms with Crippen molar-refractivity contribution in [3.05, 3.63) is 64.8 Å². The SMILES string of the molecule is CCCCCN1C(=O)/C(=C2\C(=O)N(CC(=O)Nc3ccc(F)cc3)c3ccccc32)SC1=S. The first-order valence-electron chi connectivity index (χ1n) is 10.6. The smallest absolute Gasteiger partial charge is 0.267 e. The molecule has 0 atom stereocenters. The minimum absolute atomic E-state index is 0.243. The zero-order valence-electron chi connectivity index (χ0n) is 18.0. The summed E-state index contributed by atoms with van der Waals surface area (Å²) in [5.74, 6) is -1.53. The van der Waals surface area contributed by atoms with Crippen LogP contribution in [0.2, 0.25) is 0 Å². The van der Waals surface area contributed by atoms with Gasteiger partial charge in [-0.15, -0.1) is 0 Å². The van der Waals surface area contributed by atoms with Crippen molar-refractivity contribution in [1.29, 1.82) is 0 Å². The highest BCUT2D eigenvalue weighted by Gasteiger charge is 2.42. The third kappa shape index (κ3) is 4.69. The van der Waals surface area contributed by atoms with Crippen molar-refractivity contribution in [2.45, 2.75) is 26.2 Å². The molecule has 0 unspecified atom stereocenters. The molecule has 2 aromatic rings. The van der Waals surface area contributed by atoms with Crippen LogP contribution in [0.3, 0.4) is 0 Å². The van der Waals surface area contributed by atoms with E-state index in [0.29, 0.717) is 32.7 Å². The molecule has 2 aliphatic rings. The van der Waals surface area contributed by atoms with E-state index < -0.39 is 17.6 Å². The van der Waals surface area contributed by atoms with Gasteiger partial charge in [-0.05, 0) is 36.8 Å². The topological polar surface area (TPSA) is 69.7 Å². The van der Waals surface area contributed by atoms with Gasteiger partial charge in [0.25, 0.3) is 11.8 Å². The lowest BCUT2D eigenvalue weighted by Gasteiger charge is -2.17. The zero-order valence-corrected chi connectivity index (χ0v) is 19.6. The van der Waals surface area contributed by atoms with Crippen LogP contribution in [0.25, 0.3) is 5.57 Å². The van der Waals surface area contributed by atoms with Crippen LogP contribution >= 0.6 is 24.0 Å². The van der Waals surface area contributed by atoms with E-state index in [4.69, 9.17) is 12.2 Å². The molecule has 0 bridgehead atoms. The Morgan fingerprint density at radius 2 is 1.76 bits per heavy atom. The molecule has 0 aromatic heterocycles. The summed E-state index contributed by atoms with van der Waals surface area (Å²) in [6.07, 6.45) is 2.85. The van der Waals surface area contributed by atoms with E-state index in [1.807, 2.05) is 0 Å². The number of hydrogen-bond donors (Lipinski definition) is 1. The lowest BCUT2D eigenvalue weighted by atomic mass is 10.1. The van der Waals surface area contributed by atoms with E-state index in [0.717, 1.165) is 31.0 Å². The van der Waals surface area contributed by atoms with Crippen molar-refractivity contribution in [2.24, 2.45) is 0 Å². The van der Waals surface area contributed by atoms with Crippen molar-refractivity contribution in [3.8, 4) is 0 Å². The molecule has 2 heterocycles. The lowest BCUT2D eigenvalue weighted by Crippen LogP contribution is -2.35. The van der Waals surface area contributed by atoms with Crippen molar-refractivity contribution < 1.29 is 18.8 Å². The van der Waals surface area contributed by atoms with Gasteiger partial charge < -0.3 is 5.32 Å². The van der Waals surface area contributed by atoms with E-state index >= 15 is 0 Å². The van der Waals surface area contributed by atoms with Crippen LogP contribution < -0.4 is 10.2 Å². The lowest BCUT2D eigenvalue weighted by molar-refractivity contribution is -0.122. The number of para-hydroxylation sites is 1. The second-order valence-corrected chi connectivity index (χ2v) is 9.34. The number of fused-ring (bicyclic) bond motifs is 1. The largest absolute Gasteiger partial charge is 0.325 e. The van der Waals surface area contributed by atoms with Gasteiger partial charge >= 0.3 is 0 Å². The molecule has 1 fully saturated rings. The molecule has 2 aromatic carbocycles. The number of carbonyl (C=O) groups excluding carboxylic acids is 3. The quantitative estimate of drug-likeness (QED) is 0.355. The number of anilines is 2. The fourth-order valence-electron chi connectivity index (χ4n) is 3.80. The Morgan fingerprint density at radius 1 is 1.03 bits per heavy atom. The van der Waals surface area contributed by atoms with Crippen molar-refractivity contribution in [1.82, 2.24) is 4.90 Å². The van der Waals surface area contributed by atoms with Gasteiger partial charge in [-0.3, -0.25) is 24.2 Å². The number of unbranched alkanes of at least 4 members (excludes halogenated alkanes) is 2. The molecular formula is C24H22FN3O3S2. The number of thiocarbonyl (C=S) groups is 1. The maximum atomic E-state index is 13.4. The number of thioether (sulfide) groups is 1. The summed E-state index contributed by atoms with van der Waals surface area (Å²) in [5.41, 5.74) is 1.86. The monoisotopic (exact) mass is 483 g/mol. The van der Waals surface area contributed by atoms with Crippen molar-refractivity contribution in [2.75, 3.05) is 23.3 Å². The van der Waals surface area contributed by atoms with Gasteiger partial charge in [0, 0.05) is 17.8 Å². The van der Waals surface area contributed by atoms with E-state index in [1.165, 1.54) is 29.2 Å². The normalized spacial score (nSPS) is 17.7. The number of carbonyl (C=O) groups is 3. The van der Waals surface area contributed by atoms with Crippen LogP contribution in [0, 0.1) is 5.82 Å². The molecule has 9 heteroatoms. The van der Waals surface area contributed by atoms with E-state index in [1.54, 1.807) is 29.2 Å². The molecule has 3 amide bonds. The molecule has 0 saturated carbocycles. The maximum absolute atomic E-state index is 13.4. The highest BCUT2D eigenvalue weighted by atomic mass is 32.2. The first kappa shape index (κ1) is 23.1. The number of rotatable bonds is 7. The Bertz CT molecular complexity index is 1160. The van der Waals surface area contributed by atoms with Gasteiger partial charge in [0.15, 0.2) is 0 Å². The highest BCUT2D eigenvalue weighted by molar-refractivity contribution is 8.26. The molecule has 2 aliphatic heterocycles. The minimum atomic E-state index is -0.432. The molecule has 0 spiro atoms. The summed E-state index contributed by atoms with van der Waals surface area (Å²) in [6, 6.07) is 12.5. The van der Waals surface area contributed by atoms with Crippen LogP contribution in [0.5, 0.6) is 0 Å². The number of benzene rings is 2. The third-order valence-electron chi connectivity index (χ3n) is 5.41. The second-order valence-electron chi connectivity index (χ2n) is 7.70. The van der Waals surface area contributed by atoms with Gasteiger partial charge in [0.05, 0.1) is 16.2 Å². The molecule has 0 radical (unpaired) electrons. The molecule has 0 aliphatic carbocycles. The Kier molecular flexibility index (Phi) is 6.90. The third-order valence-corrected chi connectivity index (χ3v) is 6.86. The molecule has 1 saturated heterocycles. The summed E-state index contributed by atoms with van der Waals surface area (Å²) < 4.78 is 13.6. The number of amides is 3. The summed E-state index contributed by atoms with van der Waals surface area (Å²) in [7, 11) is 0. The summed E-state index contributed by atoms with van der Waals surface area (Å²) in [6.45, 7) is 2.36. The standard InChI is InChI=1S/C24H22FN3O3S2/c1-2-3-6-13-27-23(31)21(33-24(27)32)20-17-7-4-5-8-18(17)28(22(20)30)14-19(29)26-16-11-9-15(25)10-12-16/h4-5,7-12H,2-3,6,13-14H2,1H3,(H,26,29)/b21-20+. The van der Waals surface area contributed by atoms with Crippen LogP contribution in [0.1, 0.15) is 31.7 Å². The van der Waals surface area contributed by atoms with Gasteiger partial charge in [-0.1, -0.05) is 61.9 Å². The Balaban J connectivity index is 1.59. The molecule has 6 nitrogen and oxygen atoms in total. The fraction of sp³-hybridized carbons (Fsp3) is 0.250. The Hall–Kier alpha value is -3.04. The Morgan fingerprint density at radius 3 is 2.48 bits per heavy atom. The second kappa shape index (κ2) is 9.84. The van der Waals surface area contributed by atoms with Crippen molar-refractivity contribution in [3.63, 3.8) is 0 Å². The van der Waals surface area contributed by atoms with Crippen LogP contribution in [-0.2, 0) is 14.4 Å². The minimum Gasteiger partial charge on any atom is -0.325 e. The van der Waals surface area contributed by atoms with Gasteiger partial charge in [-0.2, -0.15) is 0 Å². The number of hydrogen-bond acceptors (Lipinski definition) is 5. The molecular weight excluding hydrogens is 461 g/mol. The average molecular weight is 484 g/mol. The zero-order chi connectivity index (χ0) is 23.5. The fourth-order valence-corrected chi connectivity index (χ4v) is 5.18. The number of nitrogens with one attached hydrogen (secondary N) is 1. The van der Waals surface area contributed by atoms with Crippen LogP contribution in [0.15, 0.2) is 53.4 Å². The van der Waals surface area contributed by atoms with Crippen LogP contribution in [0.4, 0.5) is 15.8 Å². The highest BCUT2D eigenvalue weighted by Crippen LogP contribution is 2.44. The van der Waals surface area contributed by atoms with E-state index in [-0.39, 0.29) is 18.0 Å². The first-order chi connectivity index (χ1) is 15.9. The molecule has 4 rings (SSSR count). The van der Waals surface area contributed by atoms with Gasteiger partial charge in [0.2, 0.25) is 5.91 Å². The predicted molar refractivity (Wildman–Crippen MR) is 132 cm³/mol. The summed E-state index contributed by atoms with van der Waals surface area (Å²) >= 11 is 6.55. The van der Waals surface area contributed by atoms with E-state index in [2.05, 4.69) is 12.2 Å². The summed E-state index contributed by atoms with van der Waals surface area (Å²) in [5, 5.41) is 2.67. The molecule has 33 heavy (non-hydrogen) atoms. The Labute approximate surface area is 200 Å². The predicted octanol–water partition coefficient (Wildman–Crippen LogP) is 4.57. The number of nitrogens with zero attached hydrogens (tertiary/aromatic N) is 2. The first-order valence-corrected chi connectivity index (χ1v) is 11.9. The maximum Gasteiger partial charge on any atom is 0.267 e. The van der Waals surface area contributed by atoms with Gasteiger partial charge in [0.1, 0.15) is 16.7 Å².